The summed E-state index contributed by atoms with van der Waals surface area (Å²) in [4.78, 5) is 12.1. The number of carbonyl (C=O) groups is 1. The van der Waals surface area contributed by atoms with Crippen molar-refractivity contribution in [1.82, 2.24) is 0 Å². The number of para-hydroxylation sites is 1. The van der Waals surface area contributed by atoms with Gasteiger partial charge in [0, 0.05) is 0 Å². The molecule has 0 aliphatic carbocycles. The van der Waals surface area contributed by atoms with Gasteiger partial charge < -0.3 is 21.6 Å². The SMILES string of the molecule is CCCCCCCCCCCC[N+](C)(C)CC(=O)Oc1ccccc1.[Cl-]. The Morgan fingerprint density at radius 3 is 1.88 bits per heavy atom. The predicted octanol–water partition coefficient (Wildman–Crippen LogP) is 2.59. The molecule has 1 aromatic rings. The maximum atomic E-state index is 12.1. The minimum atomic E-state index is -0.150. The fourth-order valence-electron chi connectivity index (χ4n) is 3.11. The number of hydrogen-bond acceptors (Lipinski definition) is 2. The molecule has 3 nitrogen and oxygen atoms in total. The van der Waals surface area contributed by atoms with E-state index in [2.05, 4.69) is 21.0 Å². The standard InChI is InChI=1S/C22H38NO2.ClH/c1-4-5-6-7-8-9-10-11-12-16-19-23(2,3)20-22(24)25-21-17-14-13-15-18-21;/h13-15,17-18H,4-12,16,19-20H2,1-3H3;1H/q+1;/p-1. The Morgan fingerprint density at radius 2 is 1.35 bits per heavy atom. The van der Waals surface area contributed by atoms with Crippen molar-refractivity contribution < 1.29 is 26.4 Å². The van der Waals surface area contributed by atoms with E-state index >= 15 is 0 Å². The minimum Gasteiger partial charge on any atom is -1.00 e. The summed E-state index contributed by atoms with van der Waals surface area (Å²) >= 11 is 0. The summed E-state index contributed by atoms with van der Waals surface area (Å²) < 4.78 is 6.09. The molecule has 26 heavy (non-hydrogen) atoms. The first-order chi connectivity index (χ1) is 12.0. The third-order valence-electron chi connectivity index (χ3n) is 4.65. The monoisotopic (exact) mass is 383 g/mol. The highest BCUT2D eigenvalue weighted by Crippen LogP contribution is 2.13. The van der Waals surface area contributed by atoms with E-state index in [1.54, 1.807) is 0 Å². The molecule has 0 heterocycles. The van der Waals surface area contributed by atoms with Crippen LogP contribution in [0.25, 0.3) is 0 Å². The van der Waals surface area contributed by atoms with Crippen LogP contribution in [-0.2, 0) is 4.79 Å². The first-order valence-corrected chi connectivity index (χ1v) is 10.1. The number of benzene rings is 1. The first-order valence-electron chi connectivity index (χ1n) is 10.1. The fourth-order valence-corrected chi connectivity index (χ4v) is 3.11. The van der Waals surface area contributed by atoms with Crippen LogP contribution in [0, 0.1) is 0 Å². The van der Waals surface area contributed by atoms with Gasteiger partial charge in [0.1, 0.15) is 5.75 Å². The summed E-state index contributed by atoms with van der Waals surface area (Å²) in [6.07, 6.45) is 13.4. The number of halogens is 1. The molecule has 0 saturated carbocycles. The molecule has 0 radical (unpaired) electrons. The van der Waals surface area contributed by atoms with Gasteiger partial charge in [0.2, 0.25) is 0 Å². The molecule has 0 aliphatic rings. The predicted molar refractivity (Wildman–Crippen MR) is 106 cm³/mol. The van der Waals surface area contributed by atoms with E-state index in [-0.39, 0.29) is 18.4 Å². The maximum Gasteiger partial charge on any atom is 0.367 e. The quantitative estimate of drug-likeness (QED) is 0.213. The number of unbranched alkanes of at least 4 members (excludes halogenated alkanes) is 9. The Balaban J connectivity index is 0.00000625. The third kappa shape index (κ3) is 13.2. The highest BCUT2D eigenvalue weighted by Gasteiger charge is 2.21. The van der Waals surface area contributed by atoms with Crippen LogP contribution in [0.15, 0.2) is 30.3 Å². The van der Waals surface area contributed by atoms with Gasteiger partial charge in [-0.1, -0.05) is 76.5 Å². The van der Waals surface area contributed by atoms with Crippen molar-refractivity contribution in [3.8, 4) is 5.75 Å². The topological polar surface area (TPSA) is 26.3 Å². The molecule has 0 unspecified atom stereocenters. The van der Waals surface area contributed by atoms with Gasteiger partial charge in [-0.2, -0.15) is 0 Å². The van der Waals surface area contributed by atoms with Crippen molar-refractivity contribution >= 4 is 5.97 Å². The normalized spacial score (nSPS) is 11.0. The number of carbonyl (C=O) groups excluding carboxylic acids is 1. The number of rotatable bonds is 14. The Labute approximate surface area is 167 Å². The molecule has 0 amide bonds. The molecular weight excluding hydrogens is 346 g/mol. The maximum absolute atomic E-state index is 12.1. The van der Waals surface area contributed by atoms with Crippen molar-refractivity contribution in [2.75, 3.05) is 27.2 Å². The van der Waals surface area contributed by atoms with Crippen LogP contribution < -0.4 is 17.1 Å². The van der Waals surface area contributed by atoms with Crippen molar-refractivity contribution in [2.24, 2.45) is 0 Å². The second-order valence-electron chi connectivity index (χ2n) is 7.79. The lowest BCUT2D eigenvalue weighted by Crippen LogP contribution is -3.00. The molecule has 0 aromatic heterocycles. The number of ether oxygens (including phenoxy) is 1. The first kappa shape index (κ1) is 24.9. The Kier molecular flexibility index (Phi) is 14.4. The molecule has 1 rings (SSSR count). The molecule has 0 spiro atoms. The lowest BCUT2D eigenvalue weighted by Gasteiger charge is -2.28. The van der Waals surface area contributed by atoms with Gasteiger partial charge in [-0.15, -0.1) is 0 Å². The van der Waals surface area contributed by atoms with Crippen molar-refractivity contribution in [1.29, 1.82) is 0 Å². The summed E-state index contributed by atoms with van der Waals surface area (Å²) in [6, 6.07) is 9.32. The largest absolute Gasteiger partial charge is 1.00 e. The van der Waals surface area contributed by atoms with Gasteiger partial charge in [0.25, 0.3) is 0 Å². The zero-order valence-corrected chi connectivity index (χ0v) is 17.8. The highest BCUT2D eigenvalue weighted by atomic mass is 35.5. The lowest BCUT2D eigenvalue weighted by atomic mass is 10.1. The third-order valence-corrected chi connectivity index (χ3v) is 4.65. The summed E-state index contributed by atoms with van der Waals surface area (Å²) in [5, 5.41) is 0. The molecule has 0 N–H and O–H groups in total. The molecule has 0 bridgehead atoms. The summed E-state index contributed by atoms with van der Waals surface area (Å²) in [5.74, 6) is 0.481. The van der Waals surface area contributed by atoms with Crippen molar-refractivity contribution in [3.05, 3.63) is 30.3 Å². The van der Waals surface area contributed by atoms with Crippen LogP contribution in [0.2, 0.25) is 0 Å². The number of hydrogen-bond donors (Lipinski definition) is 0. The second kappa shape index (κ2) is 15.0. The van der Waals surface area contributed by atoms with E-state index in [9.17, 15) is 4.79 Å². The van der Waals surface area contributed by atoms with Gasteiger partial charge in [0.15, 0.2) is 6.54 Å². The summed E-state index contributed by atoms with van der Waals surface area (Å²) in [7, 11) is 4.22. The number of quaternary nitrogens is 1. The molecule has 0 saturated heterocycles. The summed E-state index contributed by atoms with van der Waals surface area (Å²) in [6.45, 7) is 3.72. The molecule has 0 fully saturated rings. The van der Waals surface area contributed by atoms with E-state index < -0.39 is 0 Å². The molecule has 0 atom stereocenters. The fraction of sp³-hybridized carbons (Fsp3) is 0.682. The molecule has 1 aromatic carbocycles. The molecular formula is C22H38ClNO2. The highest BCUT2D eigenvalue weighted by molar-refractivity contribution is 5.73. The van der Waals surface area contributed by atoms with Gasteiger partial charge >= 0.3 is 5.97 Å². The minimum absolute atomic E-state index is 0. The Bertz CT molecular complexity index is 462. The summed E-state index contributed by atoms with van der Waals surface area (Å²) in [5.41, 5.74) is 0. The smallest absolute Gasteiger partial charge is 0.367 e. The van der Waals surface area contributed by atoms with Gasteiger partial charge in [-0.25, -0.2) is 4.79 Å². The van der Waals surface area contributed by atoms with E-state index in [0.29, 0.717) is 16.8 Å². The van der Waals surface area contributed by atoms with Gasteiger partial charge in [-0.05, 0) is 25.0 Å². The number of likely N-dealkylation sites (N-methyl/N-ethyl adjacent to an activating group) is 1. The van der Waals surface area contributed by atoms with E-state index in [1.807, 2.05) is 30.3 Å². The zero-order valence-electron chi connectivity index (χ0n) is 17.0. The van der Waals surface area contributed by atoms with E-state index in [1.165, 1.54) is 64.2 Å². The van der Waals surface area contributed by atoms with Crippen molar-refractivity contribution in [2.45, 2.75) is 71.1 Å². The number of esters is 1. The molecule has 0 aliphatic heterocycles. The average Bonchev–Trinajstić information content (AvgIpc) is 2.57. The van der Waals surface area contributed by atoms with Crippen LogP contribution in [-0.4, -0.2) is 37.6 Å². The molecule has 4 heteroatoms. The van der Waals surface area contributed by atoms with E-state index in [0.717, 1.165) is 6.54 Å². The Morgan fingerprint density at radius 1 is 0.846 bits per heavy atom. The van der Waals surface area contributed by atoms with Crippen molar-refractivity contribution in [3.63, 3.8) is 0 Å². The number of nitrogens with zero attached hydrogens (tertiary/aromatic N) is 1. The molecule has 150 valence electrons. The second-order valence-corrected chi connectivity index (χ2v) is 7.79. The average molecular weight is 384 g/mol. The van der Waals surface area contributed by atoms with E-state index in [4.69, 9.17) is 4.74 Å². The van der Waals surface area contributed by atoms with Gasteiger partial charge in [0.05, 0.1) is 20.6 Å². The lowest BCUT2D eigenvalue weighted by molar-refractivity contribution is -0.883. The van der Waals surface area contributed by atoms with Crippen LogP contribution in [0.5, 0.6) is 5.75 Å². The van der Waals surface area contributed by atoms with Crippen LogP contribution in [0.1, 0.15) is 71.1 Å². The van der Waals surface area contributed by atoms with Crippen LogP contribution in [0.3, 0.4) is 0 Å². The van der Waals surface area contributed by atoms with Gasteiger partial charge in [-0.3, -0.25) is 0 Å². The Hall–Kier alpha value is -1.06. The van der Waals surface area contributed by atoms with Crippen LogP contribution in [0.4, 0.5) is 0 Å². The van der Waals surface area contributed by atoms with Crippen LogP contribution >= 0.6 is 0 Å². The zero-order chi connectivity index (χ0) is 18.4.